The van der Waals surface area contributed by atoms with Crippen LogP contribution in [0.5, 0.6) is 0 Å². The quantitative estimate of drug-likeness (QED) is 0.768. The third-order valence-corrected chi connectivity index (χ3v) is 4.78. The highest BCUT2D eigenvalue weighted by Crippen LogP contribution is 2.68. The van der Waals surface area contributed by atoms with Gasteiger partial charge in [0.25, 0.3) is 0 Å². The van der Waals surface area contributed by atoms with Crippen molar-refractivity contribution in [1.29, 1.82) is 0 Å². The van der Waals surface area contributed by atoms with Gasteiger partial charge in [-0.3, -0.25) is 9.79 Å². The minimum Gasteiger partial charge on any atom is -0.467 e. The Labute approximate surface area is 107 Å². The van der Waals surface area contributed by atoms with E-state index in [-0.39, 0.29) is 5.92 Å². The maximum atomic E-state index is 12.0. The predicted molar refractivity (Wildman–Crippen MR) is 69.4 cm³/mol. The van der Waals surface area contributed by atoms with Crippen LogP contribution < -0.4 is 0 Å². The van der Waals surface area contributed by atoms with Crippen molar-refractivity contribution in [3.05, 3.63) is 24.2 Å². The normalized spacial score (nSPS) is 33.6. The van der Waals surface area contributed by atoms with Gasteiger partial charge in [0, 0.05) is 12.1 Å². The predicted octanol–water partition coefficient (Wildman–Crippen LogP) is 3.10. The number of aliphatic imine (C=N–C) groups is 1. The summed E-state index contributed by atoms with van der Waals surface area (Å²) < 4.78 is 5.26. The molecule has 0 aromatic carbocycles. The number of hydrogen-bond acceptors (Lipinski definition) is 3. The summed E-state index contributed by atoms with van der Waals surface area (Å²) in [6.07, 6.45) is 2.40. The fourth-order valence-electron chi connectivity index (χ4n) is 3.58. The molecule has 0 spiro atoms. The minimum absolute atomic E-state index is 0.0555. The van der Waals surface area contributed by atoms with Crippen molar-refractivity contribution in [3.8, 4) is 0 Å². The van der Waals surface area contributed by atoms with E-state index >= 15 is 0 Å². The second kappa shape index (κ2) is 3.81. The molecule has 1 heterocycles. The van der Waals surface area contributed by atoms with Gasteiger partial charge in [-0.1, -0.05) is 13.8 Å². The number of ketones is 1. The van der Waals surface area contributed by atoms with Crippen LogP contribution in [-0.2, 0) is 11.3 Å². The lowest BCUT2D eigenvalue weighted by molar-refractivity contribution is -0.120. The largest absolute Gasteiger partial charge is 0.467 e. The Morgan fingerprint density at radius 2 is 2.33 bits per heavy atom. The van der Waals surface area contributed by atoms with Gasteiger partial charge < -0.3 is 4.42 Å². The van der Waals surface area contributed by atoms with Gasteiger partial charge in [0.2, 0.25) is 0 Å². The molecule has 3 atom stereocenters. The standard InChI is InChI=1S/C15H19NO2/c1-9(16-8-10-5-4-6-18-10)13-12(17)7-11-14(13)15(11,2)3/h4-6,11,13-14H,7-8H2,1-3H3/t11-,13?,14-/m1/s1. The van der Waals surface area contributed by atoms with Crippen molar-refractivity contribution >= 4 is 11.5 Å². The summed E-state index contributed by atoms with van der Waals surface area (Å²) in [6.45, 7) is 7.06. The molecule has 0 saturated heterocycles. The molecule has 0 radical (unpaired) electrons. The Hall–Kier alpha value is -1.38. The van der Waals surface area contributed by atoms with E-state index < -0.39 is 0 Å². The van der Waals surface area contributed by atoms with Crippen LogP contribution in [0, 0.1) is 23.2 Å². The Morgan fingerprint density at radius 1 is 1.56 bits per heavy atom. The molecule has 1 aromatic heterocycles. The number of carbonyl (C=O) groups excluding carboxylic acids is 1. The van der Waals surface area contributed by atoms with E-state index in [2.05, 4.69) is 18.8 Å². The van der Waals surface area contributed by atoms with Gasteiger partial charge in [0.1, 0.15) is 11.5 Å². The van der Waals surface area contributed by atoms with E-state index in [1.807, 2.05) is 19.1 Å². The summed E-state index contributed by atoms with van der Waals surface area (Å²) >= 11 is 0. The van der Waals surface area contributed by atoms with Crippen molar-refractivity contribution in [2.24, 2.45) is 28.2 Å². The summed E-state index contributed by atoms with van der Waals surface area (Å²) in [5, 5.41) is 0. The number of furan rings is 1. The van der Waals surface area contributed by atoms with E-state index in [0.29, 0.717) is 29.6 Å². The van der Waals surface area contributed by atoms with Crippen molar-refractivity contribution in [3.63, 3.8) is 0 Å². The molecule has 3 nitrogen and oxygen atoms in total. The molecule has 0 aliphatic heterocycles. The molecule has 0 N–H and O–H groups in total. The average Bonchev–Trinajstić information content (AvgIpc) is 2.79. The highest BCUT2D eigenvalue weighted by Gasteiger charge is 2.67. The maximum Gasteiger partial charge on any atom is 0.142 e. The summed E-state index contributed by atoms with van der Waals surface area (Å²) in [5.41, 5.74) is 1.31. The van der Waals surface area contributed by atoms with E-state index in [4.69, 9.17) is 4.42 Å². The van der Waals surface area contributed by atoms with Gasteiger partial charge in [-0.15, -0.1) is 0 Å². The summed E-state index contributed by atoms with van der Waals surface area (Å²) in [6, 6.07) is 3.78. The average molecular weight is 245 g/mol. The molecule has 3 heteroatoms. The number of rotatable bonds is 3. The van der Waals surface area contributed by atoms with Crippen LogP contribution in [-0.4, -0.2) is 11.5 Å². The van der Waals surface area contributed by atoms with Crippen LogP contribution >= 0.6 is 0 Å². The Kier molecular flexibility index (Phi) is 2.47. The lowest BCUT2D eigenvalue weighted by Crippen LogP contribution is -2.24. The van der Waals surface area contributed by atoms with Gasteiger partial charge in [0.05, 0.1) is 18.7 Å². The Bertz CT molecular complexity index is 499. The second-order valence-corrected chi connectivity index (χ2v) is 6.14. The summed E-state index contributed by atoms with van der Waals surface area (Å²) in [7, 11) is 0. The first-order chi connectivity index (χ1) is 8.51. The van der Waals surface area contributed by atoms with E-state index in [1.165, 1.54) is 0 Å². The first kappa shape index (κ1) is 11.7. The van der Waals surface area contributed by atoms with Crippen LogP contribution in [0.15, 0.2) is 27.8 Å². The van der Waals surface area contributed by atoms with Gasteiger partial charge in [0.15, 0.2) is 0 Å². The molecule has 2 aliphatic carbocycles. The van der Waals surface area contributed by atoms with Crippen molar-refractivity contribution in [2.75, 3.05) is 0 Å². The number of hydrogen-bond donors (Lipinski definition) is 0. The molecular weight excluding hydrogens is 226 g/mol. The van der Waals surface area contributed by atoms with Crippen LogP contribution in [0.2, 0.25) is 0 Å². The molecule has 1 unspecified atom stereocenters. The van der Waals surface area contributed by atoms with Crippen molar-refractivity contribution in [1.82, 2.24) is 0 Å². The van der Waals surface area contributed by atoms with Gasteiger partial charge in [-0.25, -0.2) is 0 Å². The molecule has 2 aliphatic rings. The van der Waals surface area contributed by atoms with E-state index in [9.17, 15) is 4.79 Å². The zero-order valence-electron chi connectivity index (χ0n) is 11.1. The fraction of sp³-hybridized carbons (Fsp3) is 0.600. The summed E-state index contributed by atoms with van der Waals surface area (Å²) in [4.78, 5) is 16.5. The second-order valence-electron chi connectivity index (χ2n) is 6.14. The maximum absolute atomic E-state index is 12.0. The molecule has 1 aromatic rings. The van der Waals surface area contributed by atoms with Crippen LogP contribution in [0.1, 0.15) is 33.0 Å². The summed E-state index contributed by atoms with van der Waals surface area (Å²) in [5.74, 6) is 2.39. The van der Waals surface area contributed by atoms with E-state index in [1.54, 1.807) is 6.26 Å². The molecule has 96 valence electrons. The molecule has 0 amide bonds. The first-order valence-corrected chi connectivity index (χ1v) is 6.58. The fourth-order valence-corrected chi connectivity index (χ4v) is 3.58. The Morgan fingerprint density at radius 3 is 2.94 bits per heavy atom. The SMILES string of the molecule is CC(=NCc1ccco1)C1C(=O)C[C@@H]2[C@H]1C2(C)C. The van der Waals surface area contributed by atoms with Gasteiger partial charge in [-0.05, 0) is 36.3 Å². The number of fused-ring (bicyclic) bond motifs is 1. The zero-order valence-corrected chi connectivity index (χ0v) is 11.1. The minimum atomic E-state index is 0.0555. The molecule has 3 rings (SSSR count). The van der Waals surface area contributed by atoms with E-state index in [0.717, 1.165) is 17.9 Å². The third-order valence-electron chi connectivity index (χ3n) is 4.78. The van der Waals surface area contributed by atoms with Crippen molar-refractivity contribution in [2.45, 2.75) is 33.7 Å². The van der Waals surface area contributed by atoms with Crippen LogP contribution in [0.4, 0.5) is 0 Å². The monoisotopic (exact) mass is 245 g/mol. The van der Waals surface area contributed by atoms with Crippen molar-refractivity contribution < 1.29 is 9.21 Å². The molecule has 2 saturated carbocycles. The lowest BCUT2D eigenvalue weighted by Gasteiger charge is -2.16. The molecular formula is C15H19NO2. The third kappa shape index (κ3) is 1.64. The van der Waals surface area contributed by atoms with Gasteiger partial charge in [-0.2, -0.15) is 0 Å². The first-order valence-electron chi connectivity index (χ1n) is 6.58. The zero-order chi connectivity index (χ0) is 12.9. The Balaban J connectivity index is 1.74. The topological polar surface area (TPSA) is 42.6 Å². The van der Waals surface area contributed by atoms with Crippen LogP contribution in [0.25, 0.3) is 0 Å². The lowest BCUT2D eigenvalue weighted by atomic mass is 9.89. The molecule has 0 bridgehead atoms. The number of Topliss-reactive ketones (excluding diaryl/α,β-unsaturated/α-hetero) is 1. The smallest absolute Gasteiger partial charge is 0.142 e. The number of carbonyl (C=O) groups is 1. The molecule has 2 fully saturated rings. The molecule has 18 heavy (non-hydrogen) atoms. The highest BCUT2D eigenvalue weighted by molar-refractivity contribution is 6.07. The van der Waals surface area contributed by atoms with Gasteiger partial charge >= 0.3 is 0 Å². The number of nitrogens with zero attached hydrogens (tertiary/aromatic N) is 1. The van der Waals surface area contributed by atoms with Crippen LogP contribution in [0.3, 0.4) is 0 Å². The highest BCUT2D eigenvalue weighted by atomic mass is 16.3.